The quantitative estimate of drug-likeness (QED) is 0.853. The van der Waals surface area contributed by atoms with E-state index in [9.17, 15) is 4.79 Å². The van der Waals surface area contributed by atoms with Gasteiger partial charge in [0, 0.05) is 19.1 Å². The zero-order chi connectivity index (χ0) is 13.7. The summed E-state index contributed by atoms with van der Waals surface area (Å²) in [6, 6.07) is 0. The lowest BCUT2D eigenvalue weighted by Gasteiger charge is -2.37. The van der Waals surface area contributed by atoms with Crippen LogP contribution >= 0.6 is 12.4 Å². The fraction of sp³-hybridized carbons (Fsp3) is 0.692. The number of nitrogens with one attached hydrogen (secondary N) is 2. The average Bonchev–Trinajstić information content (AvgIpc) is 2.84. The van der Waals surface area contributed by atoms with E-state index in [1.807, 2.05) is 0 Å². The Morgan fingerprint density at radius 2 is 2.25 bits per heavy atom. The molecule has 1 amide bonds. The molecule has 0 spiro atoms. The molecule has 2 heterocycles. The van der Waals surface area contributed by atoms with Crippen molar-refractivity contribution in [3.63, 3.8) is 0 Å². The van der Waals surface area contributed by atoms with Crippen molar-refractivity contribution in [2.75, 3.05) is 33.4 Å². The van der Waals surface area contributed by atoms with Crippen molar-refractivity contribution in [2.24, 2.45) is 5.41 Å². The summed E-state index contributed by atoms with van der Waals surface area (Å²) in [7, 11) is 1.70. The first-order valence-electron chi connectivity index (χ1n) is 6.55. The van der Waals surface area contributed by atoms with Crippen LogP contribution in [0.1, 0.15) is 29.1 Å². The van der Waals surface area contributed by atoms with Crippen LogP contribution in [0.15, 0.2) is 10.8 Å². The minimum absolute atomic E-state index is 0. The Bertz CT molecular complexity index is 425. The Balaban J connectivity index is 0.00000200. The number of aryl methyl sites for hydroxylation is 1. The maximum Gasteiger partial charge on any atom is 0.273 e. The predicted octanol–water partition coefficient (Wildman–Crippen LogP) is 1.15. The number of methoxy groups -OCH3 is 1. The maximum absolute atomic E-state index is 12.0. The molecule has 0 bridgehead atoms. The summed E-state index contributed by atoms with van der Waals surface area (Å²) in [6.45, 7) is 4.92. The first-order chi connectivity index (χ1) is 9.17. The Labute approximate surface area is 125 Å². The van der Waals surface area contributed by atoms with E-state index in [0.717, 1.165) is 25.9 Å². The highest BCUT2D eigenvalue weighted by atomic mass is 35.5. The van der Waals surface area contributed by atoms with E-state index >= 15 is 0 Å². The van der Waals surface area contributed by atoms with E-state index < -0.39 is 0 Å². The van der Waals surface area contributed by atoms with E-state index in [2.05, 4.69) is 15.6 Å². The summed E-state index contributed by atoms with van der Waals surface area (Å²) in [5.41, 5.74) is 0.384. The van der Waals surface area contributed by atoms with E-state index in [1.165, 1.54) is 6.39 Å². The van der Waals surface area contributed by atoms with Gasteiger partial charge < -0.3 is 19.8 Å². The molecule has 0 atom stereocenters. The van der Waals surface area contributed by atoms with Crippen LogP contribution in [0.2, 0.25) is 0 Å². The highest BCUT2D eigenvalue weighted by Gasteiger charge is 2.32. The van der Waals surface area contributed by atoms with Crippen molar-refractivity contribution in [2.45, 2.75) is 19.8 Å². The summed E-state index contributed by atoms with van der Waals surface area (Å²) in [5, 5.41) is 6.28. The van der Waals surface area contributed by atoms with Crippen molar-refractivity contribution in [3.05, 3.63) is 17.8 Å². The van der Waals surface area contributed by atoms with E-state index in [0.29, 0.717) is 24.6 Å². The van der Waals surface area contributed by atoms with Gasteiger partial charge in [-0.3, -0.25) is 4.79 Å². The molecule has 0 radical (unpaired) electrons. The second-order valence-electron chi connectivity index (χ2n) is 5.12. The summed E-state index contributed by atoms with van der Waals surface area (Å²) in [6.07, 6.45) is 3.29. The van der Waals surface area contributed by atoms with Gasteiger partial charge in [0.2, 0.25) is 0 Å². The van der Waals surface area contributed by atoms with Crippen LogP contribution in [0.5, 0.6) is 0 Å². The minimum Gasteiger partial charge on any atom is -0.448 e. The number of aromatic nitrogens is 1. The van der Waals surface area contributed by atoms with Crippen LogP contribution in [-0.2, 0) is 4.74 Å². The largest absolute Gasteiger partial charge is 0.448 e. The zero-order valence-electron chi connectivity index (χ0n) is 11.9. The molecule has 6 nitrogen and oxygen atoms in total. The first-order valence-corrected chi connectivity index (χ1v) is 6.55. The number of carbonyl (C=O) groups excluding carboxylic acids is 1. The lowest BCUT2D eigenvalue weighted by molar-refractivity contribution is 0.0510. The number of piperidine rings is 1. The molecule has 114 valence electrons. The highest BCUT2D eigenvalue weighted by molar-refractivity contribution is 5.93. The molecule has 2 rings (SSSR count). The van der Waals surface area contributed by atoms with Crippen molar-refractivity contribution in [1.82, 2.24) is 15.6 Å². The van der Waals surface area contributed by atoms with Crippen molar-refractivity contribution < 1.29 is 13.9 Å². The normalized spacial score (nSPS) is 17.3. The van der Waals surface area contributed by atoms with Gasteiger partial charge in [-0.05, 0) is 32.9 Å². The van der Waals surface area contributed by atoms with Crippen LogP contribution in [-0.4, -0.2) is 44.2 Å². The van der Waals surface area contributed by atoms with Crippen LogP contribution in [0.4, 0.5) is 0 Å². The average molecular weight is 304 g/mol. The van der Waals surface area contributed by atoms with Crippen LogP contribution < -0.4 is 10.6 Å². The maximum atomic E-state index is 12.0. The van der Waals surface area contributed by atoms with Crippen molar-refractivity contribution in [3.8, 4) is 0 Å². The number of rotatable bonds is 5. The Morgan fingerprint density at radius 1 is 1.55 bits per heavy atom. The Kier molecular flexibility index (Phi) is 6.45. The molecule has 7 heteroatoms. The van der Waals surface area contributed by atoms with Gasteiger partial charge in [0.1, 0.15) is 5.76 Å². The smallest absolute Gasteiger partial charge is 0.273 e. The molecular formula is C13H22ClN3O3. The molecule has 0 aromatic carbocycles. The van der Waals surface area contributed by atoms with Gasteiger partial charge in [-0.1, -0.05) is 0 Å². The van der Waals surface area contributed by atoms with Crippen LogP contribution in [0.3, 0.4) is 0 Å². The summed E-state index contributed by atoms with van der Waals surface area (Å²) in [5.74, 6) is 0.365. The molecule has 0 unspecified atom stereocenters. The second-order valence-corrected chi connectivity index (χ2v) is 5.12. The number of halogens is 1. The van der Waals surface area contributed by atoms with Gasteiger partial charge in [0.05, 0.1) is 6.61 Å². The second kappa shape index (κ2) is 7.61. The fourth-order valence-electron chi connectivity index (χ4n) is 2.51. The number of ether oxygens (including phenoxy) is 1. The standard InChI is InChI=1S/C13H21N3O3.ClH/c1-10-11(16-9-19-10)12(17)15-7-13(8-18-2)3-5-14-6-4-13;/h9,14H,3-8H2,1-2H3,(H,15,17);1H. The molecule has 0 aliphatic carbocycles. The monoisotopic (exact) mass is 303 g/mol. The van der Waals surface area contributed by atoms with E-state index in [4.69, 9.17) is 9.15 Å². The number of hydrogen-bond acceptors (Lipinski definition) is 5. The fourth-order valence-corrected chi connectivity index (χ4v) is 2.51. The number of hydrogen-bond donors (Lipinski definition) is 2. The topological polar surface area (TPSA) is 76.4 Å². The lowest BCUT2D eigenvalue weighted by Crippen LogP contribution is -2.47. The third-order valence-electron chi connectivity index (χ3n) is 3.70. The summed E-state index contributed by atoms with van der Waals surface area (Å²) >= 11 is 0. The molecule has 1 fully saturated rings. The highest BCUT2D eigenvalue weighted by Crippen LogP contribution is 2.28. The number of nitrogens with zero attached hydrogens (tertiary/aromatic N) is 1. The third-order valence-corrected chi connectivity index (χ3v) is 3.70. The molecule has 1 aromatic heterocycles. The minimum atomic E-state index is -0.180. The van der Waals surface area contributed by atoms with Crippen molar-refractivity contribution >= 4 is 18.3 Å². The number of amides is 1. The molecule has 1 saturated heterocycles. The molecule has 0 saturated carbocycles. The Morgan fingerprint density at radius 3 is 2.80 bits per heavy atom. The van der Waals surface area contributed by atoms with Gasteiger partial charge >= 0.3 is 0 Å². The van der Waals surface area contributed by atoms with Gasteiger partial charge in [-0.25, -0.2) is 4.98 Å². The van der Waals surface area contributed by atoms with Gasteiger partial charge in [-0.15, -0.1) is 12.4 Å². The number of carbonyl (C=O) groups is 1. The molecular weight excluding hydrogens is 282 g/mol. The molecule has 2 N–H and O–H groups in total. The predicted molar refractivity (Wildman–Crippen MR) is 77.2 cm³/mol. The third kappa shape index (κ3) is 3.94. The molecule has 1 aliphatic heterocycles. The first kappa shape index (κ1) is 16.9. The van der Waals surface area contributed by atoms with Crippen LogP contribution in [0.25, 0.3) is 0 Å². The number of oxazole rings is 1. The van der Waals surface area contributed by atoms with E-state index in [1.54, 1.807) is 14.0 Å². The zero-order valence-corrected chi connectivity index (χ0v) is 12.7. The van der Waals surface area contributed by atoms with Crippen molar-refractivity contribution in [1.29, 1.82) is 0 Å². The van der Waals surface area contributed by atoms with E-state index in [-0.39, 0.29) is 23.7 Å². The molecule has 1 aliphatic rings. The van der Waals surface area contributed by atoms with Crippen LogP contribution in [0, 0.1) is 12.3 Å². The van der Waals surface area contributed by atoms with Gasteiger partial charge in [0.15, 0.2) is 12.1 Å². The van der Waals surface area contributed by atoms with Gasteiger partial charge in [-0.2, -0.15) is 0 Å². The molecule has 20 heavy (non-hydrogen) atoms. The SMILES string of the molecule is COCC1(CNC(=O)c2ncoc2C)CCNCC1.Cl. The lowest BCUT2D eigenvalue weighted by atomic mass is 9.79. The summed E-state index contributed by atoms with van der Waals surface area (Å²) < 4.78 is 10.4. The molecule has 1 aromatic rings. The Hall–Kier alpha value is -1.11. The summed E-state index contributed by atoms with van der Waals surface area (Å²) in [4.78, 5) is 16.0. The van der Waals surface area contributed by atoms with Gasteiger partial charge in [0.25, 0.3) is 5.91 Å².